The molecule has 0 heterocycles. The molecule has 0 bridgehead atoms. The molecular formula is C14H23N3S. The van der Waals surface area contributed by atoms with Crippen molar-refractivity contribution >= 4 is 17.7 Å². The van der Waals surface area contributed by atoms with E-state index in [-0.39, 0.29) is 0 Å². The van der Waals surface area contributed by atoms with Gasteiger partial charge in [-0.15, -0.1) is 11.8 Å². The number of nitrogens with zero attached hydrogens (tertiary/aromatic N) is 1. The molecule has 0 spiro atoms. The minimum Gasteiger partial charge on any atom is -0.356 e. The van der Waals surface area contributed by atoms with Crippen LogP contribution in [0.15, 0.2) is 40.2 Å². The fraction of sp³-hybridized carbons (Fsp3) is 0.500. The van der Waals surface area contributed by atoms with Crippen LogP contribution in [0.1, 0.15) is 20.3 Å². The van der Waals surface area contributed by atoms with Crippen LogP contribution in [0.2, 0.25) is 0 Å². The van der Waals surface area contributed by atoms with E-state index in [4.69, 9.17) is 0 Å². The van der Waals surface area contributed by atoms with Crippen molar-refractivity contribution in [2.45, 2.75) is 31.2 Å². The van der Waals surface area contributed by atoms with Gasteiger partial charge < -0.3 is 10.6 Å². The Bertz CT molecular complexity index is 351. The van der Waals surface area contributed by atoms with Gasteiger partial charge in [0.2, 0.25) is 0 Å². The van der Waals surface area contributed by atoms with Gasteiger partial charge >= 0.3 is 0 Å². The molecule has 0 aromatic heterocycles. The smallest absolute Gasteiger partial charge is 0.191 e. The normalized spacial score (nSPS) is 13.2. The molecule has 0 amide bonds. The van der Waals surface area contributed by atoms with E-state index in [0.717, 1.165) is 24.7 Å². The average molecular weight is 265 g/mol. The molecule has 4 heteroatoms. The van der Waals surface area contributed by atoms with Gasteiger partial charge in [0.15, 0.2) is 5.96 Å². The predicted molar refractivity (Wildman–Crippen MR) is 81.4 cm³/mol. The molecule has 1 unspecified atom stereocenters. The van der Waals surface area contributed by atoms with Gasteiger partial charge in [-0.2, -0.15) is 0 Å². The van der Waals surface area contributed by atoms with Crippen molar-refractivity contribution in [3.63, 3.8) is 0 Å². The van der Waals surface area contributed by atoms with Gasteiger partial charge in [-0.05, 0) is 25.5 Å². The minimum absolute atomic E-state index is 0.456. The quantitative estimate of drug-likeness (QED) is 0.359. The Morgan fingerprint density at radius 2 is 2.06 bits per heavy atom. The molecule has 0 saturated heterocycles. The molecule has 100 valence electrons. The molecule has 0 aliphatic heterocycles. The molecule has 0 fully saturated rings. The molecule has 1 atom stereocenters. The van der Waals surface area contributed by atoms with Crippen LogP contribution < -0.4 is 10.6 Å². The van der Waals surface area contributed by atoms with Crippen LogP contribution in [0, 0.1) is 0 Å². The third-order valence-corrected chi connectivity index (χ3v) is 3.64. The lowest BCUT2D eigenvalue weighted by atomic mass is 10.3. The van der Waals surface area contributed by atoms with Crippen molar-refractivity contribution in [3.05, 3.63) is 30.3 Å². The van der Waals surface area contributed by atoms with Crippen LogP contribution in [-0.4, -0.2) is 31.3 Å². The zero-order chi connectivity index (χ0) is 13.2. The molecule has 0 radical (unpaired) electrons. The van der Waals surface area contributed by atoms with Gasteiger partial charge in [0, 0.05) is 30.3 Å². The number of aliphatic imine (C=N–C) groups is 1. The van der Waals surface area contributed by atoms with Crippen LogP contribution in [0.5, 0.6) is 0 Å². The molecule has 18 heavy (non-hydrogen) atoms. The van der Waals surface area contributed by atoms with E-state index >= 15 is 0 Å². The van der Waals surface area contributed by atoms with E-state index in [0.29, 0.717) is 6.04 Å². The highest BCUT2D eigenvalue weighted by Crippen LogP contribution is 2.15. The summed E-state index contributed by atoms with van der Waals surface area (Å²) in [4.78, 5) is 5.52. The largest absolute Gasteiger partial charge is 0.356 e. The third-order valence-electron chi connectivity index (χ3n) is 2.63. The highest BCUT2D eigenvalue weighted by atomic mass is 32.2. The second kappa shape index (κ2) is 8.86. The van der Waals surface area contributed by atoms with Crippen molar-refractivity contribution in [3.8, 4) is 0 Å². The first kappa shape index (κ1) is 14.9. The lowest BCUT2D eigenvalue weighted by Gasteiger charge is -2.16. The Morgan fingerprint density at radius 1 is 1.33 bits per heavy atom. The summed E-state index contributed by atoms with van der Waals surface area (Å²) in [5.41, 5.74) is 0. The molecule has 1 aromatic rings. The fourth-order valence-corrected chi connectivity index (χ4v) is 2.17. The van der Waals surface area contributed by atoms with Crippen LogP contribution in [0.25, 0.3) is 0 Å². The van der Waals surface area contributed by atoms with Crippen LogP contribution >= 0.6 is 11.8 Å². The molecule has 0 aliphatic rings. The Balaban J connectivity index is 2.20. The van der Waals surface area contributed by atoms with E-state index in [1.807, 2.05) is 24.9 Å². The van der Waals surface area contributed by atoms with Crippen molar-refractivity contribution in [1.82, 2.24) is 10.6 Å². The minimum atomic E-state index is 0.456. The summed E-state index contributed by atoms with van der Waals surface area (Å²) in [5, 5.41) is 6.67. The highest BCUT2D eigenvalue weighted by Gasteiger charge is 2.01. The Hall–Kier alpha value is -1.16. The maximum absolute atomic E-state index is 4.21. The topological polar surface area (TPSA) is 36.4 Å². The monoisotopic (exact) mass is 265 g/mol. The first-order valence-corrected chi connectivity index (χ1v) is 7.39. The van der Waals surface area contributed by atoms with Gasteiger partial charge in [0.05, 0.1) is 0 Å². The summed E-state index contributed by atoms with van der Waals surface area (Å²) in [6, 6.07) is 10.9. The van der Waals surface area contributed by atoms with Crippen molar-refractivity contribution in [1.29, 1.82) is 0 Å². The Kier molecular flexibility index (Phi) is 7.34. The van der Waals surface area contributed by atoms with Gasteiger partial charge in [0.1, 0.15) is 0 Å². The van der Waals surface area contributed by atoms with Crippen molar-refractivity contribution in [2.75, 3.05) is 19.3 Å². The number of benzene rings is 1. The molecule has 1 rings (SSSR count). The van der Waals surface area contributed by atoms with Gasteiger partial charge in [-0.3, -0.25) is 4.99 Å². The number of nitrogens with one attached hydrogen (secondary N) is 2. The van der Waals surface area contributed by atoms with Crippen molar-refractivity contribution in [2.24, 2.45) is 4.99 Å². The SMILES string of the molecule is CCC(C)NC(=NC)NCCSc1ccccc1. The number of thioether (sulfide) groups is 1. The van der Waals surface area contributed by atoms with E-state index < -0.39 is 0 Å². The summed E-state index contributed by atoms with van der Waals surface area (Å²) in [7, 11) is 1.81. The zero-order valence-electron chi connectivity index (χ0n) is 11.4. The summed E-state index contributed by atoms with van der Waals surface area (Å²) in [6.07, 6.45) is 1.10. The third kappa shape index (κ3) is 5.96. The van der Waals surface area contributed by atoms with Crippen LogP contribution in [-0.2, 0) is 0 Å². The first-order valence-electron chi connectivity index (χ1n) is 6.41. The van der Waals surface area contributed by atoms with Crippen molar-refractivity contribution < 1.29 is 0 Å². The van der Waals surface area contributed by atoms with Crippen LogP contribution in [0.3, 0.4) is 0 Å². The van der Waals surface area contributed by atoms with E-state index in [1.54, 1.807) is 0 Å². The fourth-order valence-electron chi connectivity index (χ4n) is 1.39. The van der Waals surface area contributed by atoms with E-state index in [2.05, 4.69) is 53.7 Å². The van der Waals surface area contributed by atoms with E-state index in [9.17, 15) is 0 Å². The lowest BCUT2D eigenvalue weighted by molar-refractivity contribution is 0.627. The second-order valence-corrected chi connectivity index (χ2v) is 5.28. The lowest BCUT2D eigenvalue weighted by Crippen LogP contribution is -2.42. The number of rotatable bonds is 6. The Morgan fingerprint density at radius 3 is 2.67 bits per heavy atom. The summed E-state index contributed by atoms with van der Waals surface area (Å²) in [5.74, 6) is 1.92. The summed E-state index contributed by atoms with van der Waals surface area (Å²) >= 11 is 1.85. The first-order chi connectivity index (χ1) is 8.76. The molecule has 0 saturated carbocycles. The number of hydrogen-bond donors (Lipinski definition) is 2. The number of guanidine groups is 1. The maximum atomic E-state index is 4.21. The highest BCUT2D eigenvalue weighted by molar-refractivity contribution is 7.99. The standard InChI is InChI=1S/C14H23N3S/c1-4-12(2)17-14(15-3)16-10-11-18-13-8-6-5-7-9-13/h5-9,12H,4,10-11H2,1-3H3,(H2,15,16,17). The molecule has 0 aliphatic carbocycles. The van der Waals surface area contributed by atoms with Gasteiger partial charge in [0.25, 0.3) is 0 Å². The second-order valence-electron chi connectivity index (χ2n) is 4.11. The average Bonchev–Trinajstić information content (AvgIpc) is 2.43. The molecule has 1 aromatic carbocycles. The number of hydrogen-bond acceptors (Lipinski definition) is 2. The molecule has 3 nitrogen and oxygen atoms in total. The van der Waals surface area contributed by atoms with Gasteiger partial charge in [-0.1, -0.05) is 25.1 Å². The van der Waals surface area contributed by atoms with Gasteiger partial charge in [-0.25, -0.2) is 0 Å². The zero-order valence-corrected chi connectivity index (χ0v) is 12.3. The molecular weight excluding hydrogens is 242 g/mol. The summed E-state index contributed by atoms with van der Waals surface area (Å²) in [6.45, 7) is 5.23. The van der Waals surface area contributed by atoms with Crippen LogP contribution in [0.4, 0.5) is 0 Å². The summed E-state index contributed by atoms with van der Waals surface area (Å²) < 4.78 is 0. The van der Waals surface area contributed by atoms with E-state index in [1.165, 1.54) is 4.90 Å². The molecule has 2 N–H and O–H groups in total. The Labute approximate surface area is 114 Å². The maximum Gasteiger partial charge on any atom is 0.191 e. The predicted octanol–water partition coefficient (Wildman–Crippen LogP) is 2.74.